The summed E-state index contributed by atoms with van der Waals surface area (Å²) >= 11 is 0. The third-order valence-corrected chi connectivity index (χ3v) is 17.7. The van der Waals surface area contributed by atoms with Gasteiger partial charge in [0, 0.05) is 81.9 Å². The third kappa shape index (κ3) is 11.3. The Morgan fingerprint density at radius 2 is 1.71 bits per heavy atom. The van der Waals surface area contributed by atoms with Crippen LogP contribution in [0.1, 0.15) is 111 Å². The maximum Gasteiger partial charge on any atom is 0.293 e. The van der Waals surface area contributed by atoms with E-state index in [1.807, 2.05) is 12.1 Å². The lowest BCUT2D eigenvalue weighted by atomic mass is 9.59. The molecule has 6 aromatic rings. The predicted octanol–water partition coefficient (Wildman–Crippen LogP) is 10.3. The molecule has 0 radical (unpaired) electrons. The first kappa shape index (κ1) is 51.9. The molecule has 2 aliphatic heterocycles. The number of anilines is 2. The van der Waals surface area contributed by atoms with Gasteiger partial charge < -0.3 is 29.8 Å². The number of sulfonamides is 1. The van der Waals surface area contributed by atoms with Crippen molar-refractivity contribution in [2.45, 2.75) is 107 Å². The van der Waals surface area contributed by atoms with Crippen molar-refractivity contribution < 1.29 is 37.1 Å². The number of methoxy groups -OCH3 is 1. The van der Waals surface area contributed by atoms with Crippen molar-refractivity contribution in [1.29, 1.82) is 0 Å². The van der Waals surface area contributed by atoms with Crippen molar-refractivity contribution in [3.05, 3.63) is 142 Å². The van der Waals surface area contributed by atoms with E-state index in [1.54, 1.807) is 26.2 Å². The molecule has 1 amide bonds. The summed E-state index contributed by atoms with van der Waals surface area (Å²) < 4.78 is 56.2. The number of halogens is 1. The molecule has 1 atom stereocenters. The minimum Gasteiger partial charge on any atom is -0.497 e. The highest BCUT2D eigenvalue weighted by Gasteiger charge is 2.50. The Hall–Kier alpha value is -6.60. The van der Waals surface area contributed by atoms with E-state index in [1.165, 1.54) is 53.3 Å². The first-order chi connectivity index (χ1) is 35.9. The number of rotatable bonds is 16. The maximum atomic E-state index is 14.7. The number of H-pyrrole nitrogens is 1. The van der Waals surface area contributed by atoms with Gasteiger partial charge in [-0.2, -0.15) is 0 Å². The van der Waals surface area contributed by atoms with Gasteiger partial charge in [0.1, 0.15) is 34.4 Å². The first-order valence-electron chi connectivity index (χ1n) is 26.2. The summed E-state index contributed by atoms with van der Waals surface area (Å²) in [7, 11) is -2.95. The molecule has 4 aromatic carbocycles. The minimum absolute atomic E-state index is 0.0231. The van der Waals surface area contributed by atoms with E-state index in [0.717, 1.165) is 95.3 Å². The Balaban J connectivity index is 0.837. The van der Waals surface area contributed by atoms with E-state index >= 15 is 0 Å². The van der Waals surface area contributed by atoms with Gasteiger partial charge in [-0.1, -0.05) is 50.2 Å². The van der Waals surface area contributed by atoms with Crippen molar-refractivity contribution in [3.8, 4) is 17.2 Å². The smallest absolute Gasteiger partial charge is 0.293 e. The number of amides is 1. The highest BCUT2D eigenvalue weighted by molar-refractivity contribution is 7.90. The van der Waals surface area contributed by atoms with E-state index < -0.39 is 42.9 Å². The van der Waals surface area contributed by atoms with Gasteiger partial charge in [-0.3, -0.25) is 24.7 Å². The van der Waals surface area contributed by atoms with Crippen LogP contribution in [0.25, 0.3) is 11.0 Å². The molecule has 75 heavy (non-hydrogen) atoms. The number of pyridine rings is 1. The van der Waals surface area contributed by atoms with Gasteiger partial charge in [0.25, 0.3) is 21.6 Å². The van der Waals surface area contributed by atoms with Gasteiger partial charge in [0.2, 0.25) is 0 Å². The number of ether oxygens (including phenoxy) is 2. The van der Waals surface area contributed by atoms with Crippen LogP contribution in [0.4, 0.5) is 21.5 Å². The van der Waals surface area contributed by atoms with Gasteiger partial charge in [0.05, 0.1) is 39.7 Å². The number of nitrogens with zero attached hydrogens (tertiary/aromatic N) is 5. The summed E-state index contributed by atoms with van der Waals surface area (Å²) in [6.45, 7) is 12.1. The maximum absolute atomic E-state index is 14.7. The number of aromatic nitrogens is 2. The number of aromatic amines is 1. The lowest BCUT2D eigenvalue weighted by Gasteiger charge is -2.58. The van der Waals surface area contributed by atoms with Crippen molar-refractivity contribution in [3.63, 3.8) is 0 Å². The first-order valence-corrected chi connectivity index (χ1v) is 27.6. The van der Waals surface area contributed by atoms with Crippen LogP contribution in [0.15, 0.2) is 108 Å². The Bertz CT molecular complexity index is 3160. The second kappa shape index (κ2) is 21.2. The molecule has 10 rings (SSSR count). The molecule has 4 aliphatic rings. The second-order valence-electron chi connectivity index (χ2n) is 21.8. The van der Waals surface area contributed by atoms with Crippen LogP contribution in [0, 0.1) is 27.3 Å². The van der Waals surface area contributed by atoms with E-state index in [4.69, 9.17) is 9.47 Å². The fourth-order valence-electron chi connectivity index (χ4n) is 11.9. The minimum atomic E-state index is -4.64. The van der Waals surface area contributed by atoms with Gasteiger partial charge >= 0.3 is 0 Å². The van der Waals surface area contributed by atoms with Crippen LogP contribution >= 0.6 is 0 Å². The van der Waals surface area contributed by atoms with Gasteiger partial charge in [-0.05, 0) is 135 Å². The van der Waals surface area contributed by atoms with E-state index in [2.05, 4.69) is 85.0 Å². The molecule has 16 nitrogen and oxygen atoms in total. The summed E-state index contributed by atoms with van der Waals surface area (Å²) in [5.41, 5.74) is 4.19. The number of fused-ring (bicyclic) bond motifs is 1. The van der Waals surface area contributed by atoms with Crippen LogP contribution in [0.5, 0.6) is 17.2 Å². The lowest BCUT2D eigenvalue weighted by Crippen LogP contribution is -2.60. The molecule has 18 heteroatoms. The summed E-state index contributed by atoms with van der Waals surface area (Å²) in [5.74, 6) is 0.0259. The monoisotopic (exact) mass is 1040 g/mol. The molecule has 2 aromatic heterocycles. The van der Waals surface area contributed by atoms with Gasteiger partial charge in [-0.15, -0.1) is 0 Å². The number of carbonyl (C=O) groups is 1. The van der Waals surface area contributed by atoms with Crippen LogP contribution in [0.2, 0.25) is 0 Å². The number of hydrogen-bond acceptors (Lipinski definition) is 13. The summed E-state index contributed by atoms with van der Waals surface area (Å²) in [6, 6.07) is 27.9. The number of nitro groups is 1. The molecule has 0 unspecified atom stereocenters. The van der Waals surface area contributed by atoms with Crippen LogP contribution in [-0.4, -0.2) is 102 Å². The molecule has 0 bridgehead atoms. The highest BCUT2D eigenvalue weighted by atomic mass is 32.2. The van der Waals surface area contributed by atoms with Gasteiger partial charge in [-0.25, -0.2) is 22.5 Å². The number of carbonyl (C=O) groups excluding carboxylic acids is 1. The van der Waals surface area contributed by atoms with Crippen LogP contribution in [-0.2, 0) is 16.6 Å². The Morgan fingerprint density at radius 1 is 0.960 bits per heavy atom. The molecular formula is C57H67FN8O8S. The average Bonchev–Trinajstić information content (AvgIpc) is 3.76. The van der Waals surface area contributed by atoms with E-state index in [9.17, 15) is 32.8 Å². The molecule has 2 aliphatic carbocycles. The molecule has 4 N–H and O–H groups in total. The fraction of sp³-hybridized carbons (Fsp3) is 0.439. The predicted molar refractivity (Wildman–Crippen MR) is 287 cm³/mol. The van der Waals surface area contributed by atoms with Crippen molar-refractivity contribution >= 4 is 44.0 Å². The zero-order chi connectivity index (χ0) is 52.6. The Morgan fingerprint density at radius 3 is 2.43 bits per heavy atom. The van der Waals surface area contributed by atoms with Crippen molar-refractivity contribution in [2.24, 2.45) is 11.3 Å². The van der Waals surface area contributed by atoms with Crippen LogP contribution in [0.3, 0.4) is 0 Å². The number of piperazine rings is 1. The molecular weight excluding hydrogens is 976 g/mol. The number of nitrogens with one attached hydrogen (secondary N) is 3. The third-order valence-electron chi connectivity index (χ3n) is 16.4. The summed E-state index contributed by atoms with van der Waals surface area (Å²) in [6.07, 6.45) is 9.47. The SMILES string of the molecule is COc1ccc(CN2CCN(C3CC4(CCN(c5ccc(C(=O)NS(=O)(=O)c6ccc(NCC7CCC(C)(O)CC7)c([N+](=O)[O-])c6)c(Oc6cnc7[nH]cc(F)c7c6)c5)CC4)C3)[C@@H](c3ccccc3C(C)C)C2)cc1. The number of nitro benzene ring substituents is 1. The lowest BCUT2D eigenvalue weighted by molar-refractivity contribution is -0.384. The van der Waals surface area contributed by atoms with Crippen LogP contribution < -0.4 is 24.4 Å². The van der Waals surface area contributed by atoms with Crippen molar-refractivity contribution in [1.82, 2.24) is 24.5 Å². The molecule has 4 heterocycles. The zero-order valence-corrected chi connectivity index (χ0v) is 43.9. The summed E-state index contributed by atoms with van der Waals surface area (Å²) in [4.78, 5) is 39.9. The Kier molecular flexibility index (Phi) is 14.7. The molecule has 396 valence electrons. The fourth-order valence-corrected chi connectivity index (χ4v) is 12.9. The number of hydrogen-bond donors (Lipinski definition) is 4. The Labute approximate surface area is 437 Å². The standard InChI is InChI=1S/C57H67FN8O8S/c1-37(2)45-7-5-6-8-46(45)52-36-63(35-39-9-12-42(73-4)13-10-39)25-26-65(52)41-30-57(31-41)21-23-64(24-22-57)40-11-15-47(53(27-40)74-43-28-48-49(58)34-61-54(48)60-33-43)55(67)62-75(71,72)44-14-16-50(51(29-44)66(69)70)59-32-38-17-19-56(3,68)20-18-38/h5-16,27-29,33-34,37-38,41,52,59,68H,17-26,30-32,35-36H2,1-4H3,(H,60,61)(H,62,67)/t38?,52-,56?/m1/s1. The van der Waals surface area contributed by atoms with Crippen molar-refractivity contribution in [2.75, 3.05) is 56.6 Å². The number of aliphatic hydroxyl groups is 1. The topological polar surface area (TPSA) is 195 Å². The van der Waals surface area contributed by atoms with Gasteiger partial charge in [0.15, 0.2) is 0 Å². The normalized spacial score (nSPS) is 21.5. The average molecular weight is 1040 g/mol. The molecule has 4 fully saturated rings. The number of benzene rings is 4. The van der Waals surface area contributed by atoms with E-state index in [-0.39, 0.29) is 45.5 Å². The highest BCUT2D eigenvalue weighted by Crippen LogP contribution is 2.53. The molecule has 2 saturated heterocycles. The summed E-state index contributed by atoms with van der Waals surface area (Å²) in [5, 5.41) is 25.9. The molecule has 1 spiro atoms. The molecule has 2 saturated carbocycles. The number of piperidine rings is 1. The largest absolute Gasteiger partial charge is 0.497 e. The quantitative estimate of drug-likeness (QED) is 0.0529. The zero-order valence-electron chi connectivity index (χ0n) is 43.1. The van der Waals surface area contributed by atoms with E-state index in [0.29, 0.717) is 37.0 Å². The second-order valence-corrected chi connectivity index (χ2v) is 23.5.